The number of pyridine rings is 2. The van der Waals surface area contributed by atoms with Crippen LogP contribution in [0.3, 0.4) is 0 Å². The van der Waals surface area contributed by atoms with Crippen LogP contribution in [0.1, 0.15) is 21.6 Å². The van der Waals surface area contributed by atoms with Gasteiger partial charge in [-0.2, -0.15) is 0 Å². The van der Waals surface area contributed by atoms with Gasteiger partial charge < -0.3 is 11.1 Å². The van der Waals surface area contributed by atoms with Crippen molar-refractivity contribution in [3.05, 3.63) is 53.6 Å². The fraction of sp³-hybridized carbons (Fsp3) is 0.0667. The van der Waals surface area contributed by atoms with Gasteiger partial charge in [-0.15, -0.1) is 0 Å². The maximum atomic E-state index is 10.9. The molecular weight excluding hydrogens is 280 g/mol. The summed E-state index contributed by atoms with van der Waals surface area (Å²) in [6.45, 7) is 0. The molecule has 3 aromatic rings. The molecule has 0 aliphatic heterocycles. The van der Waals surface area contributed by atoms with Gasteiger partial charge in [0.15, 0.2) is 6.29 Å². The van der Waals surface area contributed by atoms with Gasteiger partial charge in [0.05, 0.1) is 17.5 Å². The highest BCUT2D eigenvalue weighted by Gasteiger charge is 2.15. The lowest BCUT2D eigenvalue weighted by molar-refractivity contribution is 0.111. The van der Waals surface area contributed by atoms with Crippen LogP contribution < -0.4 is 11.1 Å². The van der Waals surface area contributed by atoms with Gasteiger partial charge in [0.1, 0.15) is 17.2 Å². The van der Waals surface area contributed by atoms with Gasteiger partial charge in [0.25, 0.3) is 0 Å². The summed E-state index contributed by atoms with van der Waals surface area (Å²) in [5, 5.41) is 11.4. The van der Waals surface area contributed by atoms with Gasteiger partial charge in [-0.3, -0.25) is 14.6 Å². The number of hydrogen-bond donors (Lipinski definition) is 3. The molecule has 0 unspecified atom stereocenters. The Bertz CT molecular complexity index is 883. The van der Waals surface area contributed by atoms with E-state index in [0.717, 1.165) is 12.0 Å². The first-order valence-electron chi connectivity index (χ1n) is 6.59. The second-order valence-electron chi connectivity index (χ2n) is 4.69. The number of anilines is 2. The van der Waals surface area contributed by atoms with Crippen molar-refractivity contribution >= 4 is 29.2 Å². The summed E-state index contributed by atoms with van der Waals surface area (Å²) in [6.07, 6.45) is 5.53. The molecule has 22 heavy (non-hydrogen) atoms. The Morgan fingerprint density at radius 3 is 2.95 bits per heavy atom. The van der Waals surface area contributed by atoms with E-state index in [-0.39, 0.29) is 11.5 Å². The number of rotatable bonds is 4. The molecule has 0 aliphatic rings. The molecule has 7 heteroatoms. The lowest BCUT2D eigenvalue weighted by Crippen LogP contribution is -2.11. The minimum atomic E-state index is 0.244. The zero-order chi connectivity index (χ0) is 15.7. The molecule has 0 bridgehead atoms. The van der Waals surface area contributed by atoms with Crippen molar-refractivity contribution in [3.8, 4) is 0 Å². The Hall–Kier alpha value is -3.22. The molecule has 0 aromatic carbocycles. The number of hydrogen-bond acceptors (Lipinski definition) is 6. The fourth-order valence-electron chi connectivity index (χ4n) is 2.34. The van der Waals surface area contributed by atoms with Crippen molar-refractivity contribution in [2.24, 2.45) is 0 Å². The first-order chi connectivity index (χ1) is 10.7. The number of aromatic nitrogens is 3. The summed E-state index contributed by atoms with van der Waals surface area (Å²) >= 11 is 0. The number of imidazole rings is 1. The van der Waals surface area contributed by atoms with Crippen LogP contribution in [-0.4, -0.2) is 33.4 Å². The van der Waals surface area contributed by atoms with Crippen molar-refractivity contribution in [1.29, 1.82) is 5.41 Å². The second-order valence-corrected chi connectivity index (χ2v) is 4.69. The highest BCUT2D eigenvalue weighted by Crippen LogP contribution is 2.23. The Morgan fingerprint density at radius 2 is 2.23 bits per heavy atom. The molecule has 0 aliphatic carbocycles. The van der Waals surface area contributed by atoms with E-state index in [9.17, 15) is 4.79 Å². The van der Waals surface area contributed by atoms with Crippen molar-refractivity contribution in [3.63, 3.8) is 0 Å². The molecule has 0 amide bonds. The monoisotopic (exact) mass is 294 g/mol. The van der Waals surface area contributed by atoms with Crippen LogP contribution in [0.4, 0.5) is 11.5 Å². The van der Waals surface area contributed by atoms with Crippen molar-refractivity contribution < 1.29 is 4.79 Å². The Morgan fingerprint density at radius 1 is 1.41 bits per heavy atom. The molecule has 4 N–H and O–H groups in total. The first kappa shape index (κ1) is 13.7. The van der Waals surface area contributed by atoms with Crippen molar-refractivity contribution in [1.82, 2.24) is 14.4 Å². The molecular formula is C15H14N6O. The molecule has 0 radical (unpaired) electrons. The zero-order valence-corrected chi connectivity index (χ0v) is 11.9. The van der Waals surface area contributed by atoms with Crippen LogP contribution in [0.5, 0.6) is 0 Å². The maximum Gasteiger partial charge on any atom is 0.168 e. The summed E-state index contributed by atoms with van der Waals surface area (Å²) in [6, 6.07) is 5.25. The van der Waals surface area contributed by atoms with Crippen LogP contribution in [-0.2, 0) is 0 Å². The molecule has 0 spiro atoms. The topological polar surface area (TPSA) is 109 Å². The predicted molar refractivity (Wildman–Crippen MR) is 84.7 cm³/mol. The van der Waals surface area contributed by atoms with E-state index >= 15 is 0 Å². The quantitative estimate of drug-likeness (QED) is 0.500. The van der Waals surface area contributed by atoms with Crippen LogP contribution in [0.2, 0.25) is 0 Å². The largest absolute Gasteiger partial charge is 0.387 e. The first-order valence-corrected chi connectivity index (χ1v) is 6.59. The van der Waals surface area contributed by atoms with E-state index in [2.05, 4.69) is 15.3 Å². The third-order valence-electron chi connectivity index (χ3n) is 3.45. The Balaban J connectivity index is 2.11. The number of aldehydes is 1. The average Bonchev–Trinajstić information content (AvgIpc) is 2.96. The molecule has 0 fully saturated rings. The van der Waals surface area contributed by atoms with Crippen LogP contribution in [0, 0.1) is 5.41 Å². The molecule has 3 aromatic heterocycles. The summed E-state index contributed by atoms with van der Waals surface area (Å²) in [5.41, 5.74) is 9.13. The third kappa shape index (κ3) is 2.08. The van der Waals surface area contributed by atoms with Gasteiger partial charge in [0.2, 0.25) is 0 Å². The van der Waals surface area contributed by atoms with E-state index in [1.807, 2.05) is 0 Å². The average molecular weight is 294 g/mol. The number of nitrogens with two attached hydrogens (primary N) is 1. The summed E-state index contributed by atoms with van der Waals surface area (Å²) in [5.74, 6) is 0.286. The van der Waals surface area contributed by atoms with Crippen LogP contribution >= 0.6 is 0 Å². The summed E-state index contributed by atoms with van der Waals surface area (Å²) < 4.78 is 1.66. The molecule has 0 saturated heterocycles. The number of nitrogens with one attached hydrogen (secondary N) is 2. The van der Waals surface area contributed by atoms with Gasteiger partial charge in [-0.1, -0.05) is 0 Å². The third-order valence-corrected chi connectivity index (χ3v) is 3.45. The fourth-order valence-corrected chi connectivity index (χ4v) is 2.34. The smallest absolute Gasteiger partial charge is 0.168 e. The highest BCUT2D eigenvalue weighted by atomic mass is 16.1. The predicted octanol–water partition coefficient (Wildman–Crippen LogP) is 1.58. The molecule has 0 saturated carbocycles. The number of nitrogen functional groups attached to an aromatic ring is 1. The Kier molecular flexibility index (Phi) is 3.30. The van der Waals surface area contributed by atoms with Gasteiger partial charge >= 0.3 is 0 Å². The number of nitrogens with zero attached hydrogens (tertiary/aromatic N) is 3. The van der Waals surface area contributed by atoms with Gasteiger partial charge in [-0.25, -0.2) is 9.97 Å². The van der Waals surface area contributed by atoms with Crippen molar-refractivity contribution in [2.75, 3.05) is 18.1 Å². The number of fused-ring (bicyclic) bond motifs is 1. The molecule has 7 nitrogen and oxygen atoms in total. The van der Waals surface area contributed by atoms with Crippen molar-refractivity contribution in [2.45, 2.75) is 0 Å². The van der Waals surface area contributed by atoms with E-state index in [0.29, 0.717) is 22.5 Å². The Labute approximate surface area is 126 Å². The lowest BCUT2D eigenvalue weighted by atomic mass is 10.0. The van der Waals surface area contributed by atoms with Gasteiger partial charge in [0, 0.05) is 30.7 Å². The van der Waals surface area contributed by atoms with Gasteiger partial charge in [-0.05, 0) is 18.2 Å². The molecule has 0 atom stereocenters. The number of carbonyl (C=O) groups is 1. The molecule has 3 heterocycles. The normalized spacial score (nSPS) is 10.6. The number of carbonyl (C=O) groups excluding carboxylic acids is 1. The maximum absolute atomic E-state index is 10.9. The summed E-state index contributed by atoms with van der Waals surface area (Å²) in [4.78, 5) is 19.1. The van der Waals surface area contributed by atoms with Crippen LogP contribution in [0.15, 0.2) is 36.8 Å². The summed E-state index contributed by atoms with van der Waals surface area (Å²) in [7, 11) is 1.76. The van der Waals surface area contributed by atoms with E-state index in [1.165, 1.54) is 6.20 Å². The molecule has 3 rings (SSSR count). The minimum absolute atomic E-state index is 0.244. The zero-order valence-electron chi connectivity index (χ0n) is 11.9. The lowest BCUT2D eigenvalue weighted by Gasteiger charge is -2.12. The van der Waals surface area contributed by atoms with E-state index < -0.39 is 0 Å². The minimum Gasteiger partial charge on any atom is -0.387 e. The van der Waals surface area contributed by atoms with E-state index in [1.54, 1.807) is 42.0 Å². The second kappa shape index (κ2) is 5.28. The molecule has 110 valence electrons. The van der Waals surface area contributed by atoms with E-state index in [4.69, 9.17) is 11.1 Å². The SMILES string of the molecule is CNc1ccnc(N)c1C(=N)c1ccn2c(C=O)cnc2c1. The highest BCUT2D eigenvalue weighted by molar-refractivity contribution is 6.16. The van der Waals surface area contributed by atoms with Crippen LogP contribution in [0.25, 0.3) is 5.65 Å². The standard InChI is InChI=1S/C15H14N6O/c1-18-11-2-4-19-15(17)13(11)14(16)9-3-5-21-10(8-22)7-20-12(21)6-9/h2-8,16H,1H3,(H3,17,18,19).